The van der Waals surface area contributed by atoms with Crippen LogP contribution in [0.1, 0.15) is 41.3 Å². The number of benzene rings is 3. The Bertz CT molecular complexity index is 1500. The van der Waals surface area contributed by atoms with E-state index in [4.69, 9.17) is 18.6 Å². The number of hydrogen-bond acceptors (Lipinski definition) is 7. The van der Waals surface area contributed by atoms with Crippen molar-refractivity contribution in [3.8, 4) is 40.0 Å². The third-order valence-corrected chi connectivity index (χ3v) is 6.15. The summed E-state index contributed by atoms with van der Waals surface area (Å²) in [6.45, 7) is 3.57. The summed E-state index contributed by atoms with van der Waals surface area (Å²) in [7, 11) is 3.14. The molecular formula is C31H28N2O6. The lowest BCUT2D eigenvalue weighted by Gasteiger charge is -2.07. The highest BCUT2D eigenvalue weighted by Crippen LogP contribution is 2.42. The maximum Gasteiger partial charge on any atom is 0.338 e. The lowest BCUT2D eigenvalue weighted by molar-refractivity contribution is -0.119. The minimum absolute atomic E-state index is 0.0449. The number of anilines is 1. The second-order valence-electron chi connectivity index (χ2n) is 8.98. The highest BCUT2D eigenvalue weighted by molar-refractivity contribution is 5.98. The fourth-order valence-electron chi connectivity index (χ4n) is 3.99. The molecule has 1 aromatic heterocycles. The Morgan fingerprint density at radius 2 is 1.44 bits per heavy atom. The van der Waals surface area contributed by atoms with Crippen molar-refractivity contribution < 1.29 is 28.2 Å². The van der Waals surface area contributed by atoms with E-state index in [-0.39, 0.29) is 11.4 Å². The van der Waals surface area contributed by atoms with Crippen LogP contribution in [0.5, 0.6) is 11.5 Å². The molecule has 0 saturated carbocycles. The van der Waals surface area contributed by atoms with E-state index in [1.165, 1.54) is 0 Å². The molecule has 0 radical (unpaired) electrons. The first kappa shape index (κ1) is 27.0. The van der Waals surface area contributed by atoms with Gasteiger partial charge in [0.1, 0.15) is 28.9 Å². The molecule has 0 aliphatic heterocycles. The zero-order valence-corrected chi connectivity index (χ0v) is 22.1. The fraction of sp³-hybridized carbons (Fsp3) is 0.194. The largest absolute Gasteiger partial charge is 0.497 e. The monoisotopic (exact) mass is 524 g/mol. The second-order valence-corrected chi connectivity index (χ2v) is 8.98. The molecule has 1 amide bonds. The normalized spacial score (nSPS) is 10.6. The first-order chi connectivity index (χ1) is 18.8. The van der Waals surface area contributed by atoms with Gasteiger partial charge >= 0.3 is 5.97 Å². The summed E-state index contributed by atoms with van der Waals surface area (Å²) in [4.78, 5) is 25.2. The second kappa shape index (κ2) is 12.0. The van der Waals surface area contributed by atoms with Gasteiger partial charge in [0, 0.05) is 11.1 Å². The minimum Gasteiger partial charge on any atom is -0.497 e. The SMILES string of the molecule is COc1ccc(-c2oc(NC(=O)COC(=O)c3ccc(C(C)C)cc3)c(C#N)c2-c2ccc(OC)cc2)cc1. The molecule has 198 valence electrons. The Labute approximate surface area is 226 Å². The first-order valence-electron chi connectivity index (χ1n) is 12.3. The summed E-state index contributed by atoms with van der Waals surface area (Å²) in [5.74, 6) is 0.711. The van der Waals surface area contributed by atoms with E-state index in [0.717, 1.165) is 5.56 Å². The number of esters is 1. The Hall–Kier alpha value is -5.03. The molecule has 0 spiro atoms. The van der Waals surface area contributed by atoms with Gasteiger partial charge in [-0.3, -0.25) is 10.1 Å². The third kappa shape index (κ3) is 6.11. The smallest absolute Gasteiger partial charge is 0.338 e. The van der Waals surface area contributed by atoms with Gasteiger partial charge in [-0.2, -0.15) is 5.26 Å². The number of nitrogens with one attached hydrogen (secondary N) is 1. The van der Waals surface area contributed by atoms with Gasteiger partial charge in [-0.1, -0.05) is 38.1 Å². The molecule has 0 bridgehead atoms. The number of hydrogen-bond donors (Lipinski definition) is 1. The van der Waals surface area contributed by atoms with Crippen molar-refractivity contribution >= 4 is 17.8 Å². The number of furan rings is 1. The van der Waals surface area contributed by atoms with E-state index in [1.54, 1.807) is 74.9 Å². The van der Waals surface area contributed by atoms with Gasteiger partial charge in [0.05, 0.1) is 19.8 Å². The van der Waals surface area contributed by atoms with Crippen LogP contribution < -0.4 is 14.8 Å². The molecule has 0 fully saturated rings. The number of carbonyl (C=O) groups is 2. The number of ether oxygens (including phenoxy) is 3. The van der Waals surface area contributed by atoms with Crippen LogP contribution in [-0.2, 0) is 9.53 Å². The molecule has 0 atom stereocenters. The molecular weight excluding hydrogens is 496 g/mol. The zero-order chi connectivity index (χ0) is 27.9. The minimum atomic E-state index is -0.644. The molecule has 3 aromatic carbocycles. The van der Waals surface area contributed by atoms with Crippen LogP contribution in [-0.4, -0.2) is 32.7 Å². The molecule has 8 nitrogen and oxygen atoms in total. The van der Waals surface area contributed by atoms with Crippen molar-refractivity contribution in [3.63, 3.8) is 0 Å². The average Bonchev–Trinajstić information content (AvgIpc) is 3.33. The third-order valence-electron chi connectivity index (χ3n) is 6.15. The molecule has 1 N–H and O–H groups in total. The highest BCUT2D eigenvalue weighted by Gasteiger charge is 2.25. The van der Waals surface area contributed by atoms with Crippen molar-refractivity contribution in [2.75, 3.05) is 26.1 Å². The summed E-state index contributed by atoms with van der Waals surface area (Å²) in [5.41, 5.74) is 3.43. The Kier molecular flexibility index (Phi) is 8.32. The van der Waals surface area contributed by atoms with E-state index in [0.29, 0.717) is 45.4 Å². The van der Waals surface area contributed by atoms with E-state index in [1.807, 2.05) is 12.1 Å². The molecule has 0 aliphatic carbocycles. The topological polar surface area (TPSA) is 111 Å². The number of methoxy groups -OCH3 is 2. The van der Waals surface area contributed by atoms with Gasteiger partial charge in [0.25, 0.3) is 5.91 Å². The van der Waals surface area contributed by atoms with E-state index < -0.39 is 18.5 Å². The molecule has 1 heterocycles. The molecule has 4 rings (SSSR count). The van der Waals surface area contributed by atoms with Gasteiger partial charge in [0.2, 0.25) is 5.88 Å². The summed E-state index contributed by atoms with van der Waals surface area (Å²) in [6.07, 6.45) is 0. The number of rotatable bonds is 9. The number of amides is 1. The van der Waals surface area contributed by atoms with Crippen LogP contribution in [0.3, 0.4) is 0 Å². The summed E-state index contributed by atoms with van der Waals surface area (Å²) < 4.78 is 21.7. The van der Waals surface area contributed by atoms with Crippen molar-refractivity contribution in [1.82, 2.24) is 0 Å². The lowest BCUT2D eigenvalue weighted by Crippen LogP contribution is -2.21. The zero-order valence-electron chi connectivity index (χ0n) is 22.1. The maximum absolute atomic E-state index is 12.7. The maximum atomic E-state index is 12.7. The highest BCUT2D eigenvalue weighted by atomic mass is 16.5. The Balaban J connectivity index is 1.59. The standard InChI is InChI=1S/C31H28N2O6/c1-19(2)20-5-7-23(8-6-20)31(35)38-18-27(34)33-30-26(17-32)28(21-9-13-24(36-3)14-10-21)29(39-30)22-11-15-25(37-4)16-12-22/h5-16,19H,18H2,1-4H3,(H,33,34). The van der Waals surface area contributed by atoms with Crippen LogP contribution in [0.15, 0.2) is 77.2 Å². The first-order valence-corrected chi connectivity index (χ1v) is 12.3. The van der Waals surface area contributed by atoms with Crippen LogP contribution in [0.2, 0.25) is 0 Å². The van der Waals surface area contributed by atoms with Gasteiger partial charge in [-0.05, 0) is 65.6 Å². The predicted octanol–water partition coefficient (Wildman–Crippen LogP) is 6.42. The Morgan fingerprint density at radius 3 is 1.95 bits per heavy atom. The van der Waals surface area contributed by atoms with Gasteiger partial charge < -0.3 is 18.6 Å². The van der Waals surface area contributed by atoms with Gasteiger partial charge in [-0.25, -0.2) is 4.79 Å². The van der Waals surface area contributed by atoms with Crippen LogP contribution >= 0.6 is 0 Å². The number of nitriles is 1. The lowest BCUT2D eigenvalue weighted by atomic mass is 9.98. The quantitative estimate of drug-likeness (QED) is 0.252. The summed E-state index contributed by atoms with van der Waals surface area (Å²) in [5, 5.41) is 12.6. The molecule has 39 heavy (non-hydrogen) atoms. The number of carbonyl (C=O) groups excluding carboxylic acids is 2. The summed E-state index contributed by atoms with van der Waals surface area (Å²) >= 11 is 0. The molecule has 0 aliphatic rings. The van der Waals surface area contributed by atoms with Crippen LogP contribution in [0.25, 0.3) is 22.5 Å². The van der Waals surface area contributed by atoms with E-state index >= 15 is 0 Å². The van der Waals surface area contributed by atoms with Crippen LogP contribution in [0, 0.1) is 11.3 Å². The molecule has 8 heteroatoms. The average molecular weight is 525 g/mol. The van der Waals surface area contributed by atoms with Crippen molar-refractivity contribution in [3.05, 3.63) is 89.5 Å². The summed E-state index contributed by atoms with van der Waals surface area (Å²) in [6, 6.07) is 23.5. The van der Waals surface area contributed by atoms with Crippen molar-refractivity contribution in [2.24, 2.45) is 0 Å². The molecule has 0 saturated heterocycles. The van der Waals surface area contributed by atoms with Crippen LogP contribution in [0.4, 0.5) is 5.88 Å². The van der Waals surface area contributed by atoms with Crippen molar-refractivity contribution in [1.29, 1.82) is 5.26 Å². The number of nitrogens with zero attached hydrogens (tertiary/aromatic N) is 1. The van der Waals surface area contributed by atoms with Crippen molar-refractivity contribution in [2.45, 2.75) is 19.8 Å². The van der Waals surface area contributed by atoms with E-state index in [9.17, 15) is 14.9 Å². The van der Waals surface area contributed by atoms with Gasteiger partial charge in [-0.15, -0.1) is 0 Å². The molecule has 4 aromatic rings. The van der Waals surface area contributed by atoms with E-state index in [2.05, 4.69) is 25.2 Å². The Morgan fingerprint density at radius 1 is 0.872 bits per heavy atom. The fourth-order valence-corrected chi connectivity index (χ4v) is 3.99. The molecule has 0 unspecified atom stereocenters. The van der Waals surface area contributed by atoms with Gasteiger partial charge in [0.15, 0.2) is 6.61 Å². The predicted molar refractivity (Wildman–Crippen MR) is 147 cm³/mol.